The molecule has 1 amide bonds. The van der Waals surface area contributed by atoms with Crippen LogP contribution >= 0.6 is 0 Å². The Bertz CT molecular complexity index is 775. The summed E-state index contributed by atoms with van der Waals surface area (Å²) in [4.78, 5) is 22.5. The van der Waals surface area contributed by atoms with E-state index in [1.54, 1.807) is 0 Å². The second kappa shape index (κ2) is 4.73. The quantitative estimate of drug-likeness (QED) is 0.874. The minimum Gasteiger partial charge on any atom is -0.478 e. The van der Waals surface area contributed by atoms with E-state index in [9.17, 15) is 26.8 Å². The number of carboxylic acids is 1. The number of carbonyl (C=O) groups excluding carboxylic acids is 1. The molecule has 0 radical (unpaired) electrons. The molecule has 2 rings (SSSR count). The topological polar surface area (TPSA) is 101 Å². The monoisotopic (exact) mass is 333 g/mol. The van der Waals surface area contributed by atoms with Crippen LogP contribution in [0.4, 0.5) is 14.5 Å². The second-order valence-corrected chi connectivity index (χ2v) is 7.51. The number of carbonyl (C=O) groups is 2. The summed E-state index contributed by atoms with van der Waals surface area (Å²) >= 11 is 0. The molecule has 1 fully saturated rings. The number of amides is 1. The Morgan fingerprint density at radius 1 is 1.27 bits per heavy atom. The number of hydrogen-bond acceptors (Lipinski definition) is 4. The molecule has 1 aliphatic rings. The molecule has 0 aliphatic heterocycles. The fourth-order valence-electron chi connectivity index (χ4n) is 1.92. The molecule has 0 heterocycles. The fraction of sp³-hybridized carbons (Fsp3) is 0.385. The van der Waals surface area contributed by atoms with E-state index >= 15 is 0 Å². The molecule has 1 atom stereocenters. The van der Waals surface area contributed by atoms with Crippen molar-refractivity contribution in [2.24, 2.45) is 5.41 Å². The standard InChI is InChI=1S/C13H13F2NO5S/c1-12(6-13(12,14)15)11(19)16-8-3-7(10(17)18)4-9(5-8)22(2,20)21/h3-5H,6H2,1-2H3,(H,16,19)(H,17,18). The highest BCUT2D eigenvalue weighted by molar-refractivity contribution is 7.90. The molecule has 1 aromatic carbocycles. The zero-order valence-electron chi connectivity index (χ0n) is 11.7. The van der Waals surface area contributed by atoms with E-state index < -0.39 is 39.5 Å². The van der Waals surface area contributed by atoms with Gasteiger partial charge >= 0.3 is 5.97 Å². The van der Waals surface area contributed by atoms with Crippen LogP contribution in [-0.2, 0) is 14.6 Å². The summed E-state index contributed by atoms with van der Waals surface area (Å²) in [5.74, 6) is -5.51. The van der Waals surface area contributed by atoms with Gasteiger partial charge < -0.3 is 10.4 Å². The minimum atomic E-state index is -3.72. The molecular formula is C13H13F2NO5S. The molecule has 0 aromatic heterocycles. The fourth-order valence-corrected chi connectivity index (χ4v) is 2.61. The number of benzene rings is 1. The first kappa shape index (κ1) is 16.3. The van der Waals surface area contributed by atoms with Gasteiger partial charge in [-0.15, -0.1) is 0 Å². The van der Waals surface area contributed by atoms with E-state index in [1.807, 2.05) is 0 Å². The summed E-state index contributed by atoms with van der Waals surface area (Å²) in [5, 5.41) is 11.1. The van der Waals surface area contributed by atoms with Crippen molar-refractivity contribution in [1.82, 2.24) is 0 Å². The molecular weight excluding hydrogens is 320 g/mol. The number of rotatable bonds is 4. The maximum atomic E-state index is 13.2. The van der Waals surface area contributed by atoms with Crippen molar-refractivity contribution in [3.05, 3.63) is 23.8 Å². The number of alkyl halides is 2. The lowest BCUT2D eigenvalue weighted by Gasteiger charge is -2.12. The van der Waals surface area contributed by atoms with Crippen LogP contribution in [0.3, 0.4) is 0 Å². The summed E-state index contributed by atoms with van der Waals surface area (Å²) in [6.07, 6.45) is 0.263. The molecule has 1 aliphatic carbocycles. The number of sulfone groups is 1. The predicted octanol–water partition coefficient (Wildman–Crippen LogP) is 1.77. The maximum Gasteiger partial charge on any atom is 0.335 e. The van der Waals surface area contributed by atoms with E-state index in [1.165, 1.54) is 0 Å². The maximum absolute atomic E-state index is 13.2. The van der Waals surface area contributed by atoms with Gasteiger partial charge in [-0.3, -0.25) is 4.79 Å². The molecule has 0 bridgehead atoms. The van der Waals surface area contributed by atoms with Crippen molar-refractivity contribution in [1.29, 1.82) is 0 Å². The zero-order valence-corrected chi connectivity index (χ0v) is 12.5. The average molecular weight is 333 g/mol. The average Bonchev–Trinajstić information content (AvgIpc) is 2.88. The van der Waals surface area contributed by atoms with Gasteiger partial charge in [-0.25, -0.2) is 22.0 Å². The predicted molar refractivity (Wildman–Crippen MR) is 72.8 cm³/mol. The third-order valence-electron chi connectivity index (χ3n) is 3.60. The van der Waals surface area contributed by atoms with Crippen molar-refractivity contribution in [2.75, 3.05) is 11.6 Å². The molecule has 0 saturated heterocycles. The summed E-state index contributed by atoms with van der Waals surface area (Å²) in [5.41, 5.74) is -2.39. The molecule has 0 spiro atoms. The normalized spacial score (nSPS) is 22.9. The molecule has 6 nitrogen and oxygen atoms in total. The summed E-state index contributed by atoms with van der Waals surface area (Å²) in [6.45, 7) is 1.08. The molecule has 1 saturated carbocycles. The summed E-state index contributed by atoms with van der Waals surface area (Å²) < 4.78 is 49.4. The molecule has 22 heavy (non-hydrogen) atoms. The molecule has 9 heteroatoms. The second-order valence-electron chi connectivity index (χ2n) is 5.49. The minimum absolute atomic E-state index is 0.158. The highest BCUT2D eigenvalue weighted by Crippen LogP contribution is 2.60. The SMILES string of the molecule is CC1(C(=O)Nc2cc(C(=O)O)cc(S(C)(=O)=O)c2)CC1(F)F. The first-order chi connectivity index (χ1) is 9.87. The van der Waals surface area contributed by atoms with Crippen LogP contribution < -0.4 is 5.32 Å². The van der Waals surface area contributed by atoms with Crippen LogP contribution in [0.1, 0.15) is 23.7 Å². The Hall–Kier alpha value is -2.03. The van der Waals surface area contributed by atoms with Gasteiger partial charge in [0.1, 0.15) is 5.41 Å². The van der Waals surface area contributed by atoms with Crippen molar-refractivity contribution in [3.8, 4) is 0 Å². The lowest BCUT2D eigenvalue weighted by atomic mass is 10.1. The number of carboxylic acid groups (broad SMARTS) is 1. The number of aromatic carboxylic acids is 1. The van der Waals surface area contributed by atoms with Crippen LogP contribution in [0, 0.1) is 5.41 Å². The van der Waals surface area contributed by atoms with Gasteiger partial charge in [0, 0.05) is 18.4 Å². The van der Waals surface area contributed by atoms with E-state index in [2.05, 4.69) is 5.32 Å². The lowest BCUT2D eigenvalue weighted by molar-refractivity contribution is -0.123. The zero-order chi connectivity index (χ0) is 16.9. The largest absolute Gasteiger partial charge is 0.478 e. The van der Waals surface area contributed by atoms with Crippen LogP contribution in [0.15, 0.2) is 23.1 Å². The number of hydrogen-bond donors (Lipinski definition) is 2. The van der Waals surface area contributed by atoms with Crippen LogP contribution in [0.25, 0.3) is 0 Å². The highest BCUT2D eigenvalue weighted by atomic mass is 32.2. The first-order valence-electron chi connectivity index (χ1n) is 6.14. The third-order valence-corrected chi connectivity index (χ3v) is 4.69. The van der Waals surface area contributed by atoms with E-state index in [0.29, 0.717) is 0 Å². The van der Waals surface area contributed by atoms with E-state index in [0.717, 1.165) is 31.4 Å². The van der Waals surface area contributed by atoms with E-state index in [-0.39, 0.29) is 16.1 Å². The molecule has 1 unspecified atom stereocenters. The number of anilines is 1. The number of halogens is 2. The Morgan fingerprint density at radius 2 is 1.82 bits per heavy atom. The van der Waals surface area contributed by atoms with Gasteiger partial charge in [-0.1, -0.05) is 0 Å². The lowest BCUT2D eigenvalue weighted by Crippen LogP contribution is -2.26. The molecule has 2 N–H and O–H groups in total. The van der Waals surface area contributed by atoms with Crippen LogP contribution in [0.2, 0.25) is 0 Å². The Kier molecular flexibility index (Phi) is 3.52. The van der Waals surface area contributed by atoms with E-state index in [4.69, 9.17) is 5.11 Å². The Morgan fingerprint density at radius 3 is 2.23 bits per heavy atom. The van der Waals surface area contributed by atoms with Crippen molar-refractivity contribution < 1.29 is 31.9 Å². The summed E-state index contributed by atoms with van der Waals surface area (Å²) in [7, 11) is -3.72. The van der Waals surface area contributed by atoms with Gasteiger partial charge in [-0.05, 0) is 25.1 Å². The smallest absolute Gasteiger partial charge is 0.335 e. The van der Waals surface area contributed by atoms with Crippen molar-refractivity contribution >= 4 is 27.4 Å². The Labute approximate surface area is 125 Å². The van der Waals surface area contributed by atoms with Gasteiger partial charge in [-0.2, -0.15) is 0 Å². The Balaban J connectivity index is 2.38. The van der Waals surface area contributed by atoms with Gasteiger partial charge in [0.05, 0.1) is 10.5 Å². The third kappa shape index (κ3) is 2.80. The van der Waals surface area contributed by atoms with Crippen molar-refractivity contribution in [2.45, 2.75) is 24.2 Å². The van der Waals surface area contributed by atoms with Gasteiger partial charge in [0.25, 0.3) is 5.92 Å². The molecule has 120 valence electrons. The van der Waals surface area contributed by atoms with Crippen LogP contribution in [-0.4, -0.2) is 37.6 Å². The van der Waals surface area contributed by atoms with Crippen molar-refractivity contribution in [3.63, 3.8) is 0 Å². The molecule has 1 aromatic rings. The van der Waals surface area contributed by atoms with Gasteiger partial charge in [0.2, 0.25) is 5.91 Å². The number of nitrogens with one attached hydrogen (secondary N) is 1. The van der Waals surface area contributed by atoms with Crippen LogP contribution in [0.5, 0.6) is 0 Å². The highest BCUT2D eigenvalue weighted by Gasteiger charge is 2.72. The first-order valence-corrected chi connectivity index (χ1v) is 8.04. The summed E-state index contributed by atoms with van der Waals surface area (Å²) in [6, 6.07) is 2.98. The van der Waals surface area contributed by atoms with Gasteiger partial charge in [0.15, 0.2) is 9.84 Å².